The summed E-state index contributed by atoms with van der Waals surface area (Å²) in [7, 11) is 0. The van der Waals surface area contributed by atoms with Gasteiger partial charge in [0.2, 0.25) is 0 Å². The summed E-state index contributed by atoms with van der Waals surface area (Å²) in [6.07, 6.45) is 3.89. The number of likely N-dealkylation sites (tertiary alicyclic amines) is 1. The zero-order chi connectivity index (χ0) is 14.4. The van der Waals surface area contributed by atoms with Crippen molar-refractivity contribution in [3.63, 3.8) is 0 Å². The lowest BCUT2D eigenvalue weighted by Crippen LogP contribution is -2.43. The molecule has 118 valence electrons. The van der Waals surface area contributed by atoms with Gasteiger partial charge < -0.3 is 20.4 Å². The zero-order valence-corrected chi connectivity index (χ0v) is 14.6. The van der Waals surface area contributed by atoms with E-state index in [0.29, 0.717) is 30.7 Å². The third-order valence-corrected chi connectivity index (χ3v) is 3.40. The summed E-state index contributed by atoms with van der Waals surface area (Å²) in [5.41, 5.74) is 5.97. The predicted octanol–water partition coefficient (Wildman–Crippen LogP) is 1.67. The summed E-state index contributed by atoms with van der Waals surface area (Å²) in [6.45, 7) is 5.09. The maximum Gasteiger partial charge on any atom is 0.287 e. The van der Waals surface area contributed by atoms with Gasteiger partial charge in [-0.15, -0.1) is 24.0 Å². The fourth-order valence-corrected chi connectivity index (χ4v) is 2.33. The van der Waals surface area contributed by atoms with Crippen LogP contribution in [-0.2, 0) is 0 Å². The van der Waals surface area contributed by atoms with E-state index in [2.05, 4.69) is 22.1 Å². The molecule has 0 spiro atoms. The standard InChI is InChI=1S/C14H22N4O2.HI/c1-11-4-2-8-18(10-11)14(15)17-7-6-16-13(19)12-5-3-9-20-12;/h3,5,9,11H,2,4,6-8,10H2,1H3,(H2,15,17)(H,16,19);1H. The number of hydrogen-bond acceptors (Lipinski definition) is 3. The minimum atomic E-state index is -0.227. The van der Waals surface area contributed by atoms with Gasteiger partial charge in [-0.2, -0.15) is 0 Å². The molecular formula is C14H23IN4O2. The lowest BCUT2D eigenvalue weighted by atomic mass is 10.0. The number of guanidine groups is 1. The van der Waals surface area contributed by atoms with Crippen molar-refractivity contribution in [2.24, 2.45) is 16.6 Å². The number of hydrogen-bond donors (Lipinski definition) is 2. The number of piperidine rings is 1. The number of nitrogens with zero attached hydrogens (tertiary/aromatic N) is 2. The highest BCUT2D eigenvalue weighted by Gasteiger charge is 2.17. The van der Waals surface area contributed by atoms with E-state index in [0.717, 1.165) is 19.5 Å². The monoisotopic (exact) mass is 406 g/mol. The number of halogens is 1. The Bertz CT molecular complexity index is 462. The number of carbonyl (C=O) groups is 1. The van der Waals surface area contributed by atoms with Crippen LogP contribution in [0.3, 0.4) is 0 Å². The van der Waals surface area contributed by atoms with Crippen molar-refractivity contribution < 1.29 is 9.21 Å². The molecule has 3 N–H and O–H groups in total. The van der Waals surface area contributed by atoms with Crippen molar-refractivity contribution >= 4 is 35.8 Å². The summed E-state index contributed by atoms with van der Waals surface area (Å²) >= 11 is 0. The Morgan fingerprint density at radius 1 is 1.62 bits per heavy atom. The summed E-state index contributed by atoms with van der Waals surface area (Å²) in [5.74, 6) is 1.32. The van der Waals surface area contributed by atoms with Crippen LogP contribution in [0.5, 0.6) is 0 Å². The first kappa shape index (κ1) is 17.8. The Kier molecular flexibility index (Phi) is 7.55. The molecule has 1 saturated heterocycles. The van der Waals surface area contributed by atoms with E-state index in [4.69, 9.17) is 10.2 Å². The van der Waals surface area contributed by atoms with Gasteiger partial charge in [0, 0.05) is 19.6 Å². The summed E-state index contributed by atoms with van der Waals surface area (Å²) < 4.78 is 5.00. The van der Waals surface area contributed by atoms with Gasteiger partial charge in [-0.1, -0.05) is 6.92 Å². The quantitative estimate of drug-likeness (QED) is 0.345. The fraction of sp³-hybridized carbons (Fsp3) is 0.571. The highest BCUT2D eigenvalue weighted by Crippen LogP contribution is 2.14. The second kappa shape index (κ2) is 8.91. The Hall–Kier alpha value is -1.25. The van der Waals surface area contributed by atoms with E-state index in [-0.39, 0.29) is 29.9 Å². The summed E-state index contributed by atoms with van der Waals surface area (Å²) in [5, 5.41) is 2.74. The maximum atomic E-state index is 11.6. The third kappa shape index (κ3) is 5.56. The largest absolute Gasteiger partial charge is 0.459 e. The molecule has 0 radical (unpaired) electrons. The summed E-state index contributed by atoms with van der Waals surface area (Å²) in [4.78, 5) is 18.0. The van der Waals surface area contributed by atoms with Crippen LogP contribution in [0.15, 0.2) is 27.8 Å². The smallest absolute Gasteiger partial charge is 0.287 e. The first-order chi connectivity index (χ1) is 9.66. The molecule has 6 nitrogen and oxygen atoms in total. The van der Waals surface area contributed by atoms with Gasteiger partial charge in [-0.25, -0.2) is 0 Å². The highest BCUT2D eigenvalue weighted by atomic mass is 127. The van der Waals surface area contributed by atoms with Crippen LogP contribution < -0.4 is 11.1 Å². The molecule has 1 fully saturated rings. The van der Waals surface area contributed by atoms with Gasteiger partial charge >= 0.3 is 0 Å². The van der Waals surface area contributed by atoms with Gasteiger partial charge in [-0.05, 0) is 30.9 Å². The minimum absolute atomic E-state index is 0. The first-order valence-corrected chi connectivity index (χ1v) is 7.03. The van der Waals surface area contributed by atoms with E-state index in [1.165, 1.54) is 12.7 Å². The van der Waals surface area contributed by atoms with Crippen molar-refractivity contribution in [2.45, 2.75) is 19.8 Å². The second-order valence-electron chi connectivity index (χ2n) is 5.17. The molecule has 1 atom stereocenters. The highest BCUT2D eigenvalue weighted by molar-refractivity contribution is 14.0. The molecule has 2 heterocycles. The molecule has 0 saturated carbocycles. The van der Waals surface area contributed by atoms with Crippen LogP contribution in [0.4, 0.5) is 0 Å². The van der Waals surface area contributed by atoms with Crippen molar-refractivity contribution in [1.29, 1.82) is 0 Å². The molecule has 0 aromatic carbocycles. The second-order valence-corrected chi connectivity index (χ2v) is 5.17. The predicted molar refractivity (Wildman–Crippen MR) is 92.9 cm³/mol. The topological polar surface area (TPSA) is 83.9 Å². The molecule has 1 aromatic heterocycles. The zero-order valence-electron chi connectivity index (χ0n) is 12.2. The maximum absolute atomic E-state index is 11.6. The molecule has 1 aromatic rings. The normalized spacial score (nSPS) is 19.0. The number of carbonyl (C=O) groups excluding carboxylic acids is 1. The van der Waals surface area contributed by atoms with E-state index in [1.54, 1.807) is 12.1 Å². The average Bonchev–Trinajstić information content (AvgIpc) is 2.97. The molecule has 1 aliphatic heterocycles. The van der Waals surface area contributed by atoms with E-state index >= 15 is 0 Å². The van der Waals surface area contributed by atoms with Gasteiger partial charge in [-0.3, -0.25) is 9.79 Å². The number of aliphatic imine (C=N–C) groups is 1. The van der Waals surface area contributed by atoms with Crippen LogP contribution in [0.2, 0.25) is 0 Å². The Morgan fingerprint density at radius 2 is 2.43 bits per heavy atom. The van der Waals surface area contributed by atoms with Crippen LogP contribution in [0.25, 0.3) is 0 Å². The van der Waals surface area contributed by atoms with Gasteiger partial charge in [0.05, 0.1) is 12.8 Å². The molecular weight excluding hydrogens is 383 g/mol. The first-order valence-electron chi connectivity index (χ1n) is 7.03. The number of furan rings is 1. The number of nitrogens with two attached hydrogens (primary N) is 1. The van der Waals surface area contributed by atoms with E-state index in [1.807, 2.05) is 0 Å². The summed E-state index contributed by atoms with van der Waals surface area (Å²) in [6, 6.07) is 3.31. The van der Waals surface area contributed by atoms with Crippen LogP contribution in [0, 0.1) is 5.92 Å². The van der Waals surface area contributed by atoms with Crippen molar-refractivity contribution in [3.8, 4) is 0 Å². The van der Waals surface area contributed by atoms with Gasteiger partial charge in [0.15, 0.2) is 11.7 Å². The SMILES string of the molecule is CC1CCCN(C(N)=NCCNC(=O)c2ccco2)C1.I. The molecule has 2 rings (SSSR count). The molecule has 0 aliphatic carbocycles. The van der Waals surface area contributed by atoms with Crippen LogP contribution in [0.1, 0.15) is 30.3 Å². The molecule has 21 heavy (non-hydrogen) atoms. The van der Waals surface area contributed by atoms with Crippen LogP contribution >= 0.6 is 24.0 Å². The van der Waals surface area contributed by atoms with Crippen LogP contribution in [-0.4, -0.2) is 42.9 Å². The third-order valence-electron chi connectivity index (χ3n) is 3.40. The molecule has 7 heteroatoms. The molecule has 0 bridgehead atoms. The Labute approximate surface area is 142 Å². The number of amides is 1. The lowest BCUT2D eigenvalue weighted by Gasteiger charge is -2.31. The van der Waals surface area contributed by atoms with Crippen molar-refractivity contribution in [3.05, 3.63) is 24.2 Å². The van der Waals surface area contributed by atoms with Gasteiger partial charge in [0.25, 0.3) is 5.91 Å². The van der Waals surface area contributed by atoms with Crippen molar-refractivity contribution in [2.75, 3.05) is 26.2 Å². The van der Waals surface area contributed by atoms with Gasteiger partial charge in [0.1, 0.15) is 0 Å². The number of nitrogens with one attached hydrogen (secondary N) is 1. The molecule has 1 amide bonds. The Balaban J connectivity index is 0.00000220. The molecule has 1 unspecified atom stereocenters. The van der Waals surface area contributed by atoms with E-state index < -0.39 is 0 Å². The minimum Gasteiger partial charge on any atom is -0.459 e. The van der Waals surface area contributed by atoms with E-state index in [9.17, 15) is 4.79 Å². The molecule has 1 aliphatic rings. The average molecular weight is 406 g/mol. The lowest BCUT2D eigenvalue weighted by molar-refractivity contribution is 0.0927. The van der Waals surface area contributed by atoms with Crippen molar-refractivity contribution in [1.82, 2.24) is 10.2 Å². The number of rotatable bonds is 4. The Morgan fingerprint density at radius 3 is 3.10 bits per heavy atom. The fourth-order valence-electron chi connectivity index (χ4n) is 2.33.